The molecule has 0 bridgehead atoms. The second kappa shape index (κ2) is 7.56. The SMILES string of the molecule is Cc1cccc(C=NNC(=O)C(=O)Nc2cc(Cl)ccc2C)c1. The summed E-state index contributed by atoms with van der Waals surface area (Å²) in [5.41, 5.74) is 5.39. The first-order valence-electron chi connectivity index (χ1n) is 6.93. The van der Waals surface area contributed by atoms with Crippen LogP contribution in [0, 0.1) is 13.8 Å². The maximum atomic E-state index is 11.8. The maximum Gasteiger partial charge on any atom is 0.329 e. The van der Waals surface area contributed by atoms with Gasteiger partial charge in [0.1, 0.15) is 0 Å². The number of carbonyl (C=O) groups excluding carboxylic acids is 2. The van der Waals surface area contributed by atoms with Crippen LogP contribution in [0.3, 0.4) is 0 Å². The zero-order chi connectivity index (χ0) is 16.8. The summed E-state index contributed by atoms with van der Waals surface area (Å²) < 4.78 is 0. The van der Waals surface area contributed by atoms with E-state index in [1.165, 1.54) is 6.21 Å². The van der Waals surface area contributed by atoms with Crippen molar-refractivity contribution in [2.24, 2.45) is 5.10 Å². The third kappa shape index (κ3) is 4.93. The Morgan fingerprint density at radius 1 is 1.09 bits per heavy atom. The number of amides is 2. The molecule has 2 N–H and O–H groups in total. The van der Waals surface area contributed by atoms with E-state index in [0.29, 0.717) is 10.7 Å². The van der Waals surface area contributed by atoms with Crippen molar-refractivity contribution >= 4 is 35.3 Å². The molecule has 6 heteroatoms. The predicted molar refractivity (Wildman–Crippen MR) is 91.7 cm³/mol. The average Bonchev–Trinajstić information content (AvgIpc) is 2.51. The van der Waals surface area contributed by atoms with Crippen molar-refractivity contribution in [2.45, 2.75) is 13.8 Å². The van der Waals surface area contributed by atoms with Crippen molar-refractivity contribution in [2.75, 3.05) is 5.32 Å². The number of rotatable bonds is 3. The molecule has 0 aliphatic heterocycles. The molecule has 0 heterocycles. The van der Waals surface area contributed by atoms with Crippen LogP contribution >= 0.6 is 11.6 Å². The van der Waals surface area contributed by atoms with E-state index in [2.05, 4.69) is 15.8 Å². The van der Waals surface area contributed by atoms with Gasteiger partial charge < -0.3 is 5.32 Å². The molecular weight excluding hydrogens is 314 g/mol. The number of nitrogens with zero attached hydrogens (tertiary/aromatic N) is 1. The van der Waals surface area contributed by atoms with Crippen LogP contribution in [0.1, 0.15) is 16.7 Å². The van der Waals surface area contributed by atoms with E-state index in [9.17, 15) is 9.59 Å². The van der Waals surface area contributed by atoms with Gasteiger partial charge in [0.15, 0.2) is 0 Å². The fourth-order valence-electron chi connectivity index (χ4n) is 1.87. The molecule has 23 heavy (non-hydrogen) atoms. The van der Waals surface area contributed by atoms with E-state index in [1.807, 2.05) is 31.2 Å². The molecule has 118 valence electrons. The normalized spacial score (nSPS) is 10.6. The van der Waals surface area contributed by atoms with E-state index in [4.69, 9.17) is 11.6 Å². The molecule has 0 saturated heterocycles. The Balaban J connectivity index is 1.95. The molecule has 2 aromatic carbocycles. The van der Waals surface area contributed by atoms with Gasteiger partial charge in [0, 0.05) is 10.7 Å². The summed E-state index contributed by atoms with van der Waals surface area (Å²) in [4.78, 5) is 23.6. The first-order valence-corrected chi connectivity index (χ1v) is 7.31. The van der Waals surface area contributed by atoms with Gasteiger partial charge in [-0.2, -0.15) is 5.10 Å². The number of hydrogen-bond donors (Lipinski definition) is 2. The number of halogens is 1. The van der Waals surface area contributed by atoms with Gasteiger partial charge in [-0.25, -0.2) is 5.43 Å². The van der Waals surface area contributed by atoms with Crippen molar-refractivity contribution < 1.29 is 9.59 Å². The van der Waals surface area contributed by atoms with Crippen LogP contribution in [-0.4, -0.2) is 18.0 Å². The Hall–Kier alpha value is -2.66. The number of benzene rings is 2. The molecular formula is C17H16ClN3O2. The summed E-state index contributed by atoms with van der Waals surface area (Å²) in [5, 5.41) is 6.75. The highest BCUT2D eigenvalue weighted by Gasteiger charge is 2.14. The lowest BCUT2D eigenvalue weighted by Crippen LogP contribution is -2.32. The monoisotopic (exact) mass is 329 g/mol. The minimum Gasteiger partial charge on any atom is -0.317 e. The lowest BCUT2D eigenvalue weighted by atomic mass is 10.2. The van der Waals surface area contributed by atoms with Crippen molar-refractivity contribution in [1.82, 2.24) is 5.43 Å². The number of hydrogen-bond acceptors (Lipinski definition) is 3. The highest BCUT2D eigenvalue weighted by Crippen LogP contribution is 2.19. The molecule has 2 rings (SSSR count). The highest BCUT2D eigenvalue weighted by atomic mass is 35.5. The Morgan fingerprint density at radius 2 is 1.87 bits per heavy atom. The topological polar surface area (TPSA) is 70.6 Å². The quantitative estimate of drug-likeness (QED) is 0.516. The molecule has 5 nitrogen and oxygen atoms in total. The lowest BCUT2D eigenvalue weighted by Gasteiger charge is -2.07. The van der Waals surface area contributed by atoms with Crippen molar-refractivity contribution in [3.8, 4) is 0 Å². The molecule has 0 fully saturated rings. The van der Waals surface area contributed by atoms with Crippen LogP contribution in [0.2, 0.25) is 5.02 Å². The Labute approximate surface area is 139 Å². The van der Waals surface area contributed by atoms with E-state index in [-0.39, 0.29) is 0 Å². The van der Waals surface area contributed by atoms with E-state index < -0.39 is 11.8 Å². The van der Waals surface area contributed by atoms with Crippen LogP contribution in [0.25, 0.3) is 0 Å². The number of hydrazone groups is 1. The molecule has 0 aliphatic rings. The third-order valence-corrected chi connectivity index (χ3v) is 3.31. The fourth-order valence-corrected chi connectivity index (χ4v) is 2.05. The maximum absolute atomic E-state index is 11.8. The summed E-state index contributed by atoms with van der Waals surface area (Å²) in [6, 6.07) is 12.6. The fraction of sp³-hybridized carbons (Fsp3) is 0.118. The van der Waals surface area contributed by atoms with Crippen molar-refractivity contribution in [3.63, 3.8) is 0 Å². The second-order valence-corrected chi connectivity index (χ2v) is 5.46. The zero-order valence-corrected chi connectivity index (χ0v) is 13.5. The van der Waals surface area contributed by atoms with Gasteiger partial charge in [0.25, 0.3) is 0 Å². The highest BCUT2D eigenvalue weighted by molar-refractivity contribution is 6.40. The minimum atomic E-state index is -0.853. The average molecular weight is 330 g/mol. The third-order valence-electron chi connectivity index (χ3n) is 3.08. The van der Waals surface area contributed by atoms with E-state index >= 15 is 0 Å². The summed E-state index contributed by atoms with van der Waals surface area (Å²) in [7, 11) is 0. The largest absolute Gasteiger partial charge is 0.329 e. The summed E-state index contributed by atoms with van der Waals surface area (Å²) in [6.07, 6.45) is 1.48. The predicted octanol–water partition coefficient (Wildman–Crippen LogP) is 3.05. The van der Waals surface area contributed by atoms with Gasteiger partial charge in [0.05, 0.1) is 6.21 Å². The number of anilines is 1. The first kappa shape index (κ1) is 16.7. The van der Waals surface area contributed by atoms with Crippen molar-refractivity contribution in [3.05, 3.63) is 64.2 Å². The summed E-state index contributed by atoms with van der Waals surface area (Å²) >= 11 is 5.87. The van der Waals surface area contributed by atoms with Gasteiger partial charge in [-0.1, -0.05) is 47.5 Å². The van der Waals surface area contributed by atoms with Crippen LogP contribution in [0.5, 0.6) is 0 Å². The molecule has 0 atom stereocenters. The van der Waals surface area contributed by atoms with Crippen molar-refractivity contribution in [1.29, 1.82) is 0 Å². The van der Waals surface area contributed by atoms with Gasteiger partial charge in [-0.05, 0) is 37.1 Å². The van der Waals surface area contributed by atoms with Crippen LogP contribution in [0.15, 0.2) is 47.6 Å². The second-order valence-electron chi connectivity index (χ2n) is 5.03. The van der Waals surface area contributed by atoms with E-state index in [1.54, 1.807) is 25.1 Å². The van der Waals surface area contributed by atoms with Gasteiger partial charge in [-0.15, -0.1) is 0 Å². The molecule has 0 saturated carbocycles. The Bertz CT molecular complexity index is 772. The molecule has 0 unspecified atom stereocenters. The standard InChI is InChI=1S/C17H16ClN3O2/c1-11-4-3-5-13(8-11)10-19-21-17(23)16(22)20-15-9-14(18)7-6-12(15)2/h3-10H,1-2H3,(H,20,22)(H,21,23). The lowest BCUT2D eigenvalue weighted by molar-refractivity contribution is -0.136. The van der Waals surface area contributed by atoms with Gasteiger partial charge in [-0.3, -0.25) is 9.59 Å². The van der Waals surface area contributed by atoms with Crippen LogP contribution < -0.4 is 10.7 Å². The minimum absolute atomic E-state index is 0.476. The van der Waals surface area contributed by atoms with E-state index in [0.717, 1.165) is 16.7 Å². The zero-order valence-electron chi connectivity index (χ0n) is 12.8. The molecule has 2 amide bonds. The molecule has 0 aromatic heterocycles. The summed E-state index contributed by atoms with van der Waals surface area (Å²) in [6.45, 7) is 3.76. The van der Waals surface area contributed by atoms with Crippen LogP contribution in [-0.2, 0) is 9.59 Å². The van der Waals surface area contributed by atoms with Gasteiger partial charge in [0.2, 0.25) is 0 Å². The Morgan fingerprint density at radius 3 is 2.61 bits per heavy atom. The number of nitrogens with one attached hydrogen (secondary N) is 2. The summed E-state index contributed by atoms with van der Waals surface area (Å²) in [5.74, 6) is -1.66. The molecule has 2 aromatic rings. The molecule has 0 aliphatic carbocycles. The smallest absolute Gasteiger partial charge is 0.317 e. The first-order chi connectivity index (χ1) is 11.0. The number of aryl methyl sites for hydroxylation is 2. The Kier molecular flexibility index (Phi) is 5.49. The molecule has 0 spiro atoms. The van der Waals surface area contributed by atoms with Gasteiger partial charge >= 0.3 is 11.8 Å². The van der Waals surface area contributed by atoms with Crippen LogP contribution in [0.4, 0.5) is 5.69 Å². The number of carbonyl (C=O) groups is 2. The molecule has 0 radical (unpaired) electrons.